The first-order valence-electron chi connectivity index (χ1n) is 13.1. The first kappa shape index (κ1) is 27.3. The van der Waals surface area contributed by atoms with Gasteiger partial charge in [-0.1, -0.05) is 11.6 Å². The lowest BCUT2D eigenvalue weighted by Gasteiger charge is -2.32. The third kappa shape index (κ3) is 5.19. The molecule has 1 fully saturated rings. The number of nitrogens with zero attached hydrogens (tertiary/aromatic N) is 5. The molecule has 0 saturated carbocycles. The number of nitrogens with one attached hydrogen (secondary N) is 1. The molecule has 5 heterocycles. The molecule has 5 aromatic rings. The number of halogens is 3. The molecule has 41 heavy (non-hydrogen) atoms. The van der Waals surface area contributed by atoms with Gasteiger partial charge in [0.2, 0.25) is 0 Å². The van der Waals surface area contributed by atoms with Crippen LogP contribution < -0.4 is 16.6 Å². The Morgan fingerprint density at radius 1 is 1.10 bits per heavy atom. The molecule has 6 rings (SSSR count). The first-order chi connectivity index (χ1) is 19.8. The number of benzene rings is 1. The Morgan fingerprint density at radius 3 is 2.63 bits per heavy atom. The highest BCUT2D eigenvalue weighted by molar-refractivity contribution is 7.19. The van der Waals surface area contributed by atoms with Crippen LogP contribution in [0.25, 0.3) is 32.2 Å². The van der Waals surface area contributed by atoms with Gasteiger partial charge >= 0.3 is 5.69 Å². The summed E-state index contributed by atoms with van der Waals surface area (Å²) in [6.07, 6.45) is 3.59. The minimum Gasteiger partial charge on any atom is -0.345 e. The van der Waals surface area contributed by atoms with Crippen molar-refractivity contribution in [3.05, 3.63) is 85.7 Å². The molecule has 0 radical (unpaired) electrons. The highest BCUT2D eigenvalue weighted by Gasteiger charge is 2.33. The summed E-state index contributed by atoms with van der Waals surface area (Å²) in [5.74, 6) is 0. The van der Waals surface area contributed by atoms with E-state index < -0.39 is 29.6 Å². The van der Waals surface area contributed by atoms with E-state index in [4.69, 9.17) is 11.6 Å². The van der Waals surface area contributed by atoms with Gasteiger partial charge in [-0.25, -0.2) is 13.6 Å². The Labute approximate surface area is 242 Å². The molecule has 1 N–H and O–H groups in total. The summed E-state index contributed by atoms with van der Waals surface area (Å²) in [4.78, 5) is 30.5. The molecule has 12 heteroatoms. The highest BCUT2D eigenvalue weighted by atomic mass is 35.5. The Kier molecular flexibility index (Phi) is 7.23. The van der Waals surface area contributed by atoms with E-state index >= 15 is 0 Å². The molecule has 0 unspecified atom stereocenters. The predicted molar refractivity (Wildman–Crippen MR) is 156 cm³/mol. The van der Waals surface area contributed by atoms with Crippen LogP contribution in [-0.4, -0.2) is 38.2 Å². The highest BCUT2D eigenvalue weighted by Crippen LogP contribution is 2.40. The van der Waals surface area contributed by atoms with Crippen molar-refractivity contribution in [3.63, 3.8) is 0 Å². The fraction of sp³-hybridized carbons (Fsp3) is 0.310. The SMILES string of the molecule is N#CC1(Cn2ccc3cc(Cl)cc(-c4ccnc5cc(Cn6c(=O)ccn(CC(F)F)c6=O)sc45)c32)CCNCC1. The third-order valence-corrected chi connectivity index (χ3v) is 9.00. The number of nitriles is 1. The number of rotatable bonds is 7. The Hall–Kier alpha value is -3.85. The molecule has 1 saturated heterocycles. The van der Waals surface area contributed by atoms with Crippen LogP contribution in [0.3, 0.4) is 0 Å². The minimum absolute atomic E-state index is 0.0672. The number of piperidine rings is 1. The largest absolute Gasteiger partial charge is 0.345 e. The molecule has 0 spiro atoms. The summed E-state index contributed by atoms with van der Waals surface area (Å²) in [5.41, 5.74) is 1.57. The summed E-state index contributed by atoms with van der Waals surface area (Å²) in [5, 5.41) is 15.0. The van der Waals surface area contributed by atoms with Gasteiger partial charge in [-0.2, -0.15) is 5.26 Å². The van der Waals surface area contributed by atoms with Crippen molar-refractivity contribution < 1.29 is 8.78 Å². The van der Waals surface area contributed by atoms with E-state index in [9.17, 15) is 23.6 Å². The zero-order valence-electron chi connectivity index (χ0n) is 21.8. The number of thiophene rings is 1. The van der Waals surface area contributed by atoms with Gasteiger partial charge in [0.05, 0.1) is 40.3 Å². The first-order valence-corrected chi connectivity index (χ1v) is 14.3. The molecule has 4 aromatic heterocycles. The van der Waals surface area contributed by atoms with E-state index in [0.717, 1.165) is 74.1 Å². The van der Waals surface area contributed by atoms with Gasteiger partial charge in [-0.15, -0.1) is 11.3 Å². The number of hydrogen-bond acceptors (Lipinski definition) is 6. The molecule has 210 valence electrons. The van der Waals surface area contributed by atoms with Crippen LogP contribution in [0.1, 0.15) is 17.7 Å². The fourth-order valence-corrected chi connectivity index (χ4v) is 6.97. The molecule has 0 bridgehead atoms. The number of fused-ring (bicyclic) bond motifs is 2. The zero-order chi connectivity index (χ0) is 28.7. The summed E-state index contributed by atoms with van der Waals surface area (Å²) < 4.78 is 30.6. The van der Waals surface area contributed by atoms with E-state index in [1.54, 1.807) is 12.3 Å². The summed E-state index contributed by atoms with van der Waals surface area (Å²) >= 11 is 7.95. The monoisotopic (exact) mass is 594 g/mol. The van der Waals surface area contributed by atoms with Gasteiger partial charge in [-0.3, -0.25) is 18.9 Å². The van der Waals surface area contributed by atoms with Gasteiger partial charge in [-0.05, 0) is 56.3 Å². The zero-order valence-corrected chi connectivity index (χ0v) is 23.4. The molecule has 0 aliphatic carbocycles. The summed E-state index contributed by atoms with van der Waals surface area (Å²) in [6.45, 7) is 1.29. The maximum atomic E-state index is 12.9. The Morgan fingerprint density at radius 2 is 1.88 bits per heavy atom. The lowest BCUT2D eigenvalue weighted by atomic mass is 9.80. The van der Waals surface area contributed by atoms with Crippen LogP contribution in [0.2, 0.25) is 5.02 Å². The minimum atomic E-state index is -2.72. The molecule has 0 atom stereocenters. The van der Waals surface area contributed by atoms with Gasteiger partial charge in [0.25, 0.3) is 12.0 Å². The predicted octanol–water partition coefficient (Wildman–Crippen LogP) is 5.10. The smallest absolute Gasteiger partial charge is 0.331 e. The van der Waals surface area contributed by atoms with Crippen molar-refractivity contribution in [2.24, 2.45) is 5.41 Å². The quantitative estimate of drug-likeness (QED) is 0.283. The van der Waals surface area contributed by atoms with Gasteiger partial charge < -0.3 is 9.88 Å². The number of hydrogen-bond donors (Lipinski definition) is 1. The average Bonchev–Trinajstić information content (AvgIpc) is 3.56. The van der Waals surface area contributed by atoms with Crippen molar-refractivity contribution >= 4 is 44.1 Å². The maximum absolute atomic E-state index is 12.9. The second kappa shape index (κ2) is 10.9. The van der Waals surface area contributed by atoms with Crippen LogP contribution in [0.4, 0.5) is 8.78 Å². The van der Waals surface area contributed by atoms with Crippen molar-refractivity contribution in [2.75, 3.05) is 13.1 Å². The standard InChI is InChI=1S/C29H25ClF2N6O2S/c30-19-11-18-2-9-37(17-29(16-33)4-7-34-8-5-29)26(18)22(12-19)21-1-6-35-23-13-20(41-27(21)23)14-38-25(39)3-10-36(28(38)40)15-24(31)32/h1-3,6,9-13,24,34H,4-5,7-8,14-15,17H2. The van der Waals surface area contributed by atoms with E-state index in [0.29, 0.717) is 22.0 Å². The van der Waals surface area contributed by atoms with Crippen LogP contribution in [-0.2, 0) is 19.6 Å². The molecule has 8 nitrogen and oxygen atoms in total. The maximum Gasteiger partial charge on any atom is 0.331 e. The molecular formula is C29H25ClF2N6O2S. The van der Waals surface area contributed by atoms with E-state index in [2.05, 4.69) is 20.9 Å². The van der Waals surface area contributed by atoms with Crippen LogP contribution in [0, 0.1) is 16.7 Å². The van der Waals surface area contributed by atoms with Crippen molar-refractivity contribution in [1.29, 1.82) is 5.26 Å². The molecular weight excluding hydrogens is 570 g/mol. The van der Waals surface area contributed by atoms with Crippen LogP contribution >= 0.6 is 22.9 Å². The normalized spacial score (nSPS) is 15.1. The van der Waals surface area contributed by atoms with Gasteiger partial charge in [0.15, 0.2) is 0 Å². The Balaban J connectivity index is 1.44. The van der Waals surface area contributed by atoms with E-state index in [-0.39, 0.29) is 6.54 Å². The molecule has 0 amide bonds. The second-order valence-electron chi connectivity index (χ2n) is 10.3. The number of pyridine rings is 1. The number of alkyl halides is 2. The third-order valence-electron chi connectivity index (χ3n) is 7.64. The molecule has 1 aliphatic rings. The number of aromatic nitrogens is 4. The summed E-state index contributed by atoms with van der Waals surface area (Å²) in [7, 11) is 0. The van der Waals surface area contributed by atoms with Crippen LogP contribution in [0.15, 0.2) is 64.6 Å². The Bertz CT molecular complexity index is 1930. The lowest BCUT2D eigenvalue weighted by molar-refractivity contribution is 0.124. The molecule has 1 aromatic carbocycles. The lowest BCUT2D eigenvalue weighted by Crippen LogP contribution is -2.39. The molecule has 1 aliphatic heterocycles. The average molecular weight is 595 g/mol. The van der Waals surface area contributed by atoms with Gasteiger partial charge in [0, 0.05) is 57.6 Å². The van der Waals surface area contributed by atoms with Crippen molar-refractivity contribution in [1.82, 2.24) is 24.0 Å². The topological polar surface area (TPSA) is 97.6 Å². The van der Waals surface area contributed by atoms with Crippen molar-refractivity contribution in [3.8, 4) is 17.2 Å². The van der Waals surface area contributed by atoms with Crippen molar-refractivity contribution in [2.45, 2.75) is 38.9 Å². The van der Waals surface area contributed by atoms with Gasteiger partial charge in [0.1, 0.15) is 0 Å². The fourth-order valence-electron chi connectivity index (χ4n) is 5.61. The van der Waals surface area contributed by atoms with E-state index in [1.807, 2.05) is 30.5 Å². The van der Waals surface area contributed by atoms with Crippen LogP contribution in [0.5, 0.6) is 0 Å². The summed E-state index contributed by atoms with van der Waals surface area (Å²) in [6, 6.07) is 13.2. The second-order valence-corrected chi connectivity index (χ2v) is 11.9. The van der Waals surface area contributed by atoms with E-state index in [1.165, 1.54) is 11.3 Å².